The number of urea groups is 1. The van der Waals surface area contributed by atoms with E-state index in [0.29, 0.717) is 6.54 Å². The van der Waals surface area contributed by atoms with Gasteiger partial charge in [-0.2, -0.15) is 0 Å². The van der Waals surface area contributed by atoms with E-state index in [1.807, 2.05) is 18.2 Å². The Hall–Kier alpha value is -2.24. The van der Waals surface area contributed by atoms with Gasteiger partial charge in [-0.05, 0) is 17.7 Å². The lowest BCUT2D eigenvalue weighted by atomic mass is 10.2. The molecule has 0 unspecified atom stereocenters. The SMILES string of the molecule is CNC(=O)N(C)C=NCc1ccc2c(c1)OCO2. The number of fused-ring (bicyclic) bond motifs is 1. The summed E-state index contributed by atoms with van der Waals surface area (Å²) in [6.07, 6.45) is 1.49. The molecule has 96 valence electrons. The number of aliphatic imine (C=N–C) groups is 1. The lowest BCUT2D eigenvalue weighted by Crippen LogP contribution is -2.33. The summed E-state index contributed by atoms with van der Waals surface area (Å²) < 4.78 is 10.5. The molecule has 1 aliphatic rings. The topological polar surface area (TPSA) is 63.2 Å². The van der Waals surface area contributed by atoms with Gasteiger partial charge in [0, 0.05) is 14.1 Å². The first-order valence-corrected chi connectivity index (χ1v) is 5.53. The van der Waals surface area contributed by atoms with Crippen molar-refractivity contribution in [2.75, 3.05) is 20.9 Å². The first kappa shape index (κ1) is 12.2. The van der Waals surface area contributed by atoms with Gasteiger partial charge in [0.25, 0.3) is 0 Å². The summed E-state index contributed by atoms with van der Waals surface area (Å²) in [7, 11) is 3.21. The highest BCUT2D eigenvalue weighted by Crippen LogP contribution is 2.32. The predicted octanol–water partition coefficient (Wildman–Crippen LogP) is 1.21. The van der Waals surface area contributed by atoms with Crippen molar-refractivity contribution in [1.82, 2.24) is 10.2 Å². The molecule has 0 radical (unpaired) electrons. The van der Waals surface area contributed by atoms with E-state index in [1.54, 1.807) is 14.1 Å². The van der Waals surface area contributed by atoms with Crippen LogP contribution >= 0.6 is 0 Å². The molecule has 0 bridgehead atoms. The maximum Gasteiger partial charge on any atom is 0.322 e. The molecule has 0 aromatic heterocycles. The van der Waals surface area contributed by atoms with E-state index >= 15 is 0 Å². The summed E-state index contributed by atoms with van der Waals surface area (Å²) in [6.45, 7) is 0.749. The van der Waals surface area contributed by atoms with Crippen molar-refractivity contribution in [3.63, 3.8) is 0 Å². The summed E-state index contributed by atoms with van der Waals surface area (Å²) in [6, 6.07) is 5.46. The molecule has 6 nitrogen and oxygen atoms in total. The molecule has 0 spiro atoms. The van der Waals surface area contributed by atoms with Crippen LogP contribution in [0.5, 0.6) is 11.5 Å². The van der Waals surface area contributed by atoms with E-state index in [4.69, 9.17) is 9.47 Å². The Kier molecular flexibility index (Phi) is 3.66. The third-order valence-corrected chi connectivity index (χ3v) is 2.50. The van der Waals surface area contributed by atoms with Crippen LogP contribution < -0.4 is 14.8 Å². The zero-order chi connectivity index (χ0) is 13.0. The van der Waals surface area contributed by atoms with Crippen LogP contribution in [0, 0.1) is 0 Å². The molecule has 0 fully saturated rings. The first-order valence-electron chi connectivity index (χ1n) is 5.53. The number of nitrogens with zero attached hydrogens (tertiary/aromatic N) is 2. The van der Waals surface area contributed by atoms with Gasteiger partial charge in [0.1, 0.15) is 0 Å². The molecule has 1 aromatic carbocycles. The van der Waals surface area contributed by atoms with Crippen molar-refractivity contribution < 1.29 is 14.3 Å². The number of nitrogens with one attached hydrogen (secondary N) is 1. The van der Waals surface area contributed by atoms with Gasteiger partial charge < -0.3 is 14.8 Å². The average Bonchev–Trinajstić information content (AvgIpc) is 2.85. The van der Waals surface area contributed by atoms with Crippen LogP contribution in [0.2, 0.25) is 0 Å². The number of amides is 2. The van der Waals surface area contributed by atoms with Crippen LogP contribution in [0.15, 0.2) is 23.2 Å². The van der Waals surface area contributed by atoms with E-state index < -0.39 is 0 Å². The molecular weight excluding hydrogens is 234 g/mol. The molecule has 1 heterocycles. The van der Waals surface area contributed by atoms with Gasteiger partial charge in [0.2, 0.25) is 6.79 Å². The van der Waals surface area contributed by atoms with Gasteiger partial charge in [0.05, 0.1) is 12.9 Å². The molecule has 0 aliphatic carbocycles. The fraction of sp³-hybridized carbons (Fsp3) is 0.333. The molecule has 1 aliphatic heterocycles. The van der Waals surface area contributed by atoms with Gasteiger partial charge >= 0.3 is 6.03 Å². The van der Waals surface area contributed by atoms with Gasteiger partial charge in [-0.3, -0.25) is 9.89 Å². The highest BCUT2D eigenvalue weighted by atomic mass is 16.7. The molecule has 0 saturated carbocycles. The van der Waals surface area contributed by atoms with Gasteiger partial charge in [-0.15, -0.1) is 0 Å². The van der Waals surface area contributed by atoms with E-state index in [2.05, 4.69) is 10.3 Å². The van der Waals surface area contributed by atoms with Gasteiger partial charge in [-0.25, -0.2) is 4.79 Å². The largest absolute Gasteiger partial charge is 0.454 e. The summed E-state index contributed by atoms with van der Waals surface area (Å²) in [4.78, 5) is 16.8. The molecular formula is C12H15N3O3. The van der Waals surface area contributed by atoms with Crippen LogP contribution in [0.1, 0.15) is 5.56 Å². The van der Waals surface area contributed by atoms with Crippen LogP contribution in [0.3, 0.4) is 0 Å². The molecule has 2 amide bonds. The average molecular weight is 249 g/mol. The predicted molar refractivity (Wildman–Crippen MR) is 67.0 cm³/mol. The zero-order valence-electron chi connectivity index (χ0n) is 10.3. The number of ether oxygens (including phenoxy) is 2. The Labute approximate surface area is 105 Å². The van der Waals surface area contributed by atoms with E-state index in [1.165, 1.54) is 11.2 Å². The minimum absolute atomic E-state index is 0.204. The number of carbonyl (C=O) groups excluding carboxylic acids is 1. The summed E-state index contributed by atoms with van der Waals surface area (Å²) in [5, 5.41) is 2.51. The van der Waals surface area contributed by atoms with Crippen molar-refractivity contribution >= 4 is 12.4 Å². The normalized spacial score (nSPS) is 12.8. The maximum absolute atomic E-state index is 11.2. The second-order valence-electron chi connectivity index (χ2n) is 3.81. The lowest BCUT2D eigenvalue weighted by molar-refractivity contribution is 0.174. The number of hydrogen-bond donors (Lipinski definition) is 1. The van der Waals surface area contributed by atoms with Crippen LogP contribution in [-0.4, -0.2) is 38.2 Å². The van der Waals surface area contributed by atoms with Crippen LogP contribution in [0.25, 0.3) is 0 Å². The fourth-order valence-electron chi connectivity index (χ4n) is 1.54. The van der Waals surface area contributed by atoms with Crippen LogP contribution in [0.4, 0.5) is 4.79 Å². The third-order valence-electron chi connectivity index (χ3n) is 2.50. The second-order valence-corrected chi connectivity index (χ2v) is 3.81. The Morgan fingerprint density at radius 1 is 1.50 bits per heavy atom. The first-order chi connectivity index (χ1) is 8.70. The molecule has 18 heavy (non-hydrogen) atoms. The Morgan fingerprint density at radius 3 is 3.06 bits per heavy atom. The second kappa shape index (κ2) is 5.39. The van der Waals surface area contributed by atoms with E-state index in [0.717, 1.165) is 17.1 Å². The van der Waals surface area contributed by atoms with E-state index in [-0.39, 0.29) is 12.8 Å². The van der Waals surface area contributed by atoms with Gasteiger partial charge in [-0.1, -0.05) is 6.07 Å². The Balaban J connectivity index is 1.94. The molecule has 0 saturated heterocycles. The quantitative estimate of drug-likeness (QED) is 0.647. The minimum atomic E-state index is -0.204. The monoisotopic (exact) mass is 249 g/mol. The Morgan fingerprint density at radius 2 is 2.28 bits per heavy atom. The fourth-order valence-corrected chi connectivity index (χ4v) is 1.54. The summed E-state index contributed by atoms with van der Waals surface area (Å²) in [5.41, 5.74) is 1.00. The molecule has 6 heteroatoms. The molecule has 2 rings (SSSR count). The van der Waals surface area contributed by atoms with Crippen molar-refractivity contribution in [3.8, 4) is 11.5 Å². The number of carbonyl (C=O) groups is 1. The highest BCUT2D eigenvalue weighted by Gasteiger charge is 2.12. The molecule has 1 aromatic rings. The summed E-state index contributed by atoms with van der Waals surface area (Å²) >= 11 is 0. The third kappa shape index (κ3) is 2.71. The molecule has 1 N–H and O–H groups in total. The Bertz CT molecular complexity index is 474. The lowest BCUT2D eigenvalue weighted by Gasteiger charge is -2.09. The number of rotatable bonds is 3. The van der Waals surface area contributed by atoms with E-state index in [9.17, 15) is 4.79 Å². The standard InChI is InChI=1S/C12H15N3O3/c1-13-12(16)15(2)7-14-6-9-3-4-10-11(5-9)18-8-17-10/h3-5,7H,6,8H2,1-2H3,(H,13,16). The van der Waals surface area contributed by atoms with Crippen molar-refractivity contribution in [2.45, 2.75) is 6.54 Å². The zero-order valence-corrected chi connectivity index (χ0v) is 10.3. The molecule has 0 atom stereocenters. The minimum Gasteiger partial charge on any atom is -0.454 e. The summed E-state index contributed by atoms with van der Waals surface area (Å²) in [5.74, 6) is 1.49. The number of benzene rings is 1. The smallest absolute Gasteiger partial charge is 0.322 e. The maximum atomic E-state index is 11.2. The highest BCUT2D eigenvalue weighted by molar-refractivity contribution is 5.85. The van der Waals surface area contributed by atoms with Crippen LogP contribution in [-0.2, 0) is 6.54 Å². The van der Waals surface area contributed by atoms with Crippen molar-refractivity contribution in [3.05, 3.63) is 23.8 Å². The van der Waals surface area contributed by atoms with Gasteiger partial charge in [0.15, 0.2) is 11.5 Å². The van der Waals surface area contributed by atoms with Crippen molar-refractivity contribution in [1.29, 1.82) is 0 Å². The van der Waals surface area contributed by atoms with Crippen molar-refractivity contribution in [2.24, 2.45) is 4.99 Å². The number of hydrogen-bond acceptors (Lipinski definition) is 4.